The average molecular weight is 207 g/mol. The topological polar surface area (TPSA) is 74.3 Å². The van der Waals surface area contributed by atoms with Crippen LogP contribution in [0.25, 0.3) is 0 Å². The monoisotopic (exact) mass is 207 g/mol. The van der Waals surface area contributed by atoms with Gasteiger partial charge in [0.15, 0.2) is 5.96 Å². The number of nitrogens with one attached hydrogen (secondary N) is 2. The minimum absolute atomic E-state index is 0.0439. The van der Waals surface area contributed by atoms with Gasteiger partial charge in [0.1, 0.15) is 0 Å². The number of nitrogens with two attached hydrogens (primary N) is 1. The molecule has 4 N–H and O–H groups in total. The van der Waals surface area contributed by atoms with Crippen LogP contribution in [0.1, 0.15) is 16.6 Å². The van der Waals surface area contributed by atoms with E-state index in [2.05, 4.69) is 10.3 Å². The van der Waals surface area contributed by atoms with E-state index in [0.717, 1.165) is 0 Å². The van der Waals surface area contributed by atoms with E-state index in [4.69, 9.17) is 15.3 Å². The lowest BCUT2D eigenvalue weighted by Crippen LogP contribution is -2.35. The number of nitrogens with zero attached hydrogens (tertiary/aromatic N) is 1. The Morgan fingerprint density at radius 2 is 2.53 bits per heavy atom. The van der Waals surface area contributed by atoms with Crippen LogP contribution < -0.4 is 11.1 Å². The van der Waals surface area contributed by atoms with Crippen LogP contribution in [-0.4, -0.2) is 18.3 Å². The molecule has 0 radical (unpaired) electrons. The van der Waals surface area contributed by atoms with E-state index >= 15 is 0 Å². The number of hydrogen-bond donors (Lipinski definition) is 3. The Balaban J connectivity index is 2.74. The van der Waals surface area contributed by atoms with Crippen LogP contribution in [0.2, 0.25) is 0 Å². The summed E-state index contributed by atoms with van der Waals surface area (Å²) in [7, 11) is 0. The highest BCUT2D eigenvalue weighted by Gasteiger charge is 1.92. The van der Waals surface area contributed by atoms with Gasteiger partial charge >= 0.3 is 0 Å². The number of guanidine groups is 1. The molecule has 0 aromatic heterocycles. The molecule has 0 bridgehead atoms. The van der Waals surface area contributed by atoms with Crippen molar-refractivity contribution in [1.29, 1.82) is 5.41 Å². The molecule has 0 saturated carbocycles. The second-order valence-corrected chi connectivity index (χ2v) is 2.93. The zero-order valence-electron chi connectivity index (χ0n) is 11.5. The molecule has 4 nitrogen and oxygen atoms in total. The Morgan fingerprint density at radius 1 is 1.73 bits per heavy atom. The molecule has 0 spiro atoms. The van der Waals surface area contributed by atoms with Crippen molar-refractivity contribution in [2.45, 2.75) is 13.3 Å². The fraction of sp³-hybridized carbons (Fsp3) is 0.273. The van der Waals surface area contributed by atoms with Gasteiger partial charge < -0.3 is 11.1 Å². The summed E-state index contributed by atoms with van der Waals surface area (Å²) in [5.41, 5.74) is 5.95. The summed E-state index contributed by atoms with van der Waals surface area (Å²) < 4.78 is 23.1. The van der Waals surface area contributed by atoms with Gasteiger partial charge in [-0.1, -0.05) is 30.3 Å². The molecule has 0 heterocycles. The highest BCUT2D eigenvalue weighted by atomic mass is 15.1. The third-order valence-corrected chi connectivity index (χ3v) is 1.56. The summed E-state index contributed by atoms with van der Waals surface area (Å²) >= 11 is 0. The number of rotatable bonds is 3. The first kappa shape index (κ1) is 7.45. The van der Waals surface area contributed by atoms with Crippen molar-refractivity contribution in [3.05, 3.63) is 35.8 Å². The maximum absolute atomic E-state index is 7.88. The minimum atomic E-state index is -0.741. The molecule has 0 aliphatic rings. The maximum Gasteiger partial charge on any atom is 0.194 e. The van der Waals surface area contributed by atoms with Gasteiger partial charge in [0.05, 0.1) is 8.58 Å². The molecule has 1 aromatic rings. The van der Waals surface area contributed by atoms with Crippen LogP contribution in [0.4, 0.5) is 0 Å². The molecule has 0 saturated heterocycles. The van der Waals surface area contributed by atoms with Crippen molar-refractivity contribution in [2.75, 3.05) is 6.54 Å². The predicted molar refractivity (Wildman–Crippen MR) is 63.2 cm³/mol. The van der Waals surface area contributed by atoms with Crippen LogP contribution in [0.15, 0.2) is 35.3 Å². The fourth-order valence-corrected chi connectivity index (χ4v) is 0.960. The van der Waals surface area contributed by atoms with E-state index < -0.39 is 6.40 Å². The molecule has 0 aliphatic carbocycles. The summed E-state index contributed by atoms with van der Waals surface area (Å²) in [6.07, 6.45) is -0.741. The normalized spacial score (nSPS) is 16.1. The van der Waals surface area contributed by atoms with E-state index in [1.807, 2.05) is 0 Å². The highest BCUT2D eigenvalue weighted by molar-refractivity contribution is 5.96. The van der Waals surface area contributed by atoms with E-state index in [0.29, 0.717) is 5.56 Å². The Morgan fingerprint density at radius 3 is 3.27 bits per heavy atom. The van der Waals surface area contributed by atoms with Gasteiger partial charge in [0.25, 0.3) is 0 Å². The van der Waals surface area contributed by atoms with E-state index in [1.54, 1.807) is 12.1 Å². The molecule has 0 fully saturated rings. The molecule has 0 amide bonds. The van der Waals surface area contributed by atoms with Crippen LogP contribution >= 0.6 is 0 Å². The summed E-state index contributed by atoms with van der Waals surface area (Å²) in [5, 5.41) is 9.68. The molecule has 15 heavy (non-hydrogen) atoms. The first-order valence-electron chi connectivity index (χ1n) is 6.10. The van der Waals surface area contributed by atoms with Crippen molar-refractivity contribution >= 4 is 11.8 Å². The molecule has 1 rings (SSSR count). The summed E-state index contributed by atoms with van der Waals surface area (Å²) in [4.78, 5) is 3.92. The average Bonchev–Trinajstić information content (AvgIpc) is 2.29. The Bertz CT molecular complexity index is 473. The Hall–Kier alpha value is -1.84. The first-order valence-corrected chi connectivity index (χ1v) is 4.52. The lowest BCUT2D eigenvalue weighted by atomic mass is 10.2. The maximum atomic E-state index is 7.88. The van der Waals surface area contributed by atoms with Crippen molar-refractivity contribution in [3.8, 4) is 0 Å². The van der Waals surface area contributed by atoms with Crippen LogP contribution in [-0.2, 0) is 6.40 Å². The van der Waals surface area contributed by atoms with Gasteiger partial charge in [0.2, 0.25) is 0 Å². The third-order valence-electron chi connectivity index (χ3n) is 1.56. The van der Waals surface area contributed by atoms with Crippen LogP contribution in [0.5, 0.6) is 0 Å². The Kier molecular flexibility index (Phi) is 2.88. The third kappa shape index (κ3) is 4.81. The van der Waals surface area contributed by atoms with Gasteiger partial charge in [-0.2, -0.15) is 0 Å². The number of amidine groups is 1. The summed E-state index contributed by atoms with van der Waals surface area (Å²) in [6.45, 7) is 1.62. The minimum Gasteiger partial charge on any atom is -0.370 e. The van der Waals surface area contributed by atoms with Gasteiger partial charge in [-0.25, -0.2) is 0 Å². The molecular weight excluding hydrogens is 188 g/mol. The van der Waals surface area contributed by atoms with Crippen molar-refractivity contribution in [2.24, 2.45) is 10.7 Å². The molecule has 1 unspecified atom stereocenters. The van der Waals surface area contributed by atoms with Crippen molar-refractivity contribution in [3.63, 3.8) is 0 Å². The zero-order valence-corrected chi connectivity index (χ0v) is 8.54. The van der Waals surface area contributed by atoms with Crippen LogP contribution in [0.3, 0.4) is 0 Å². The van der Waals surface area contributed by atoms with Gasteiger partial charge in [-0.05, 0) is 18.9 Å². The SMILES string of the molecule is [2H]c1cccc(C([2H])CN=C(N)NC(C)=N)c1[2H]. The second-order valence-electron chi connectivity index (χ2n) is 2.93. The number of hydrogen-bond acceptors (Lipinski definition) is 2. The van der Waals surface area contributed by atoms with E-state index in [-0.39, 0.29) is 30.4 Å². The molecule has 0 aliphatic heterocycles. The van der Waals surface area contributed by atoms with Crippen LogP contribution in [0, 0.1) is 5.41 Å². The molecule has 1 aromatic carbocycles. The predicted octanol–water partition coefficient (Wildman–Crippen LogP) is 1.13. The fourth-order valence-electron chi connectivity index (χ4n) is 0.960. The zero-order chi connectivity index (χ0) is 13.7. The summed E-state index contributed by atoms with van der Waals surface area (Å²) in [5.74, 6) is 0.250. The smallest absolute Gasteiger partial charge is 0.194 e. The lowest BCUT2D eigenvalue weighted by Gasteiger charge is -2.02. The molecule has 4 heteroatoms. The number of benzene rings is 1. The second kappa shape index (κ2) is 5.80. The highest BCUT2D eigenvalue weighted by Crippen LogP contribution is 1.98. The molecule has 80 valence electrons. The summed E-state index contributed by atoms with van der Waals surface area (Å²) in [6, 6.07) is 4.93. The number of aliphatic imine (C=N–C) groups is 1. The van der Waals surface area contributed by atoms with Gasteiger partial charge in [0, 0.05) is 7.92 Å². The van der Waals surface area contributed by atoms with E-state index in [9.17, 15) is 0 Å². The quantitative estimate of drug-likeness (QED) is 0.513. The standard InChI is InChI=1S/C11H16N4/c1-9(12)15-11(13)14-8-7-10-5-3-2-4-6-10/h2-6H,7-8H2,1H3,(H4,12,13,14,15)/i3D,5D,7D. The van der Waals surface area contributed by atoms with Gasteiger partial charge in [-0.15, -0.1) is 0 Å². The van der Waals surface area contributed by atoms with Crippen molar-refractivity contribution in [1.82, 2.24) is 5.32 Å². The van der Waals surface area contributed by atoms with Gasteiger partial charge in [-0.3, -0.25) is 10.4 Å². The van der Waals surface area contributed by atoms with Crippen molar-refractivity contribution < 1.29 is 4.11 Å². The molecular formula is C11H16N4. The Labute approximate surface area is 93.9 Å². The first-order chi connectivity index (χ1) is 8.41. The van der Waals surface area contributed by atoms with E-state index in [1.165, 1.54) is 13.0 Å². The lowest BCUT2D eigenvalue weighted by molar-refractivity contribution is 0.955. The largest absolute Gasteiger partial charge is 0.370 e. The molecule has 1 atom stereocenters.